The molecule has 0 radical (unpaired) electrons. The first-order valence-electron chi connectivity index (χ1n) is 8.37. The predicted octanol–water partition coefficient (Wildman–Crippen LogP) is 1.46. The fourth-order valence-corrected chi connectivity index (χ4v) is 3.43. The highest BCUT2D eigenvalue weighted by Crippen LogP contribution is 2.34. The Hall–Kier alpha value is -0.610. The van der Waals surface area contributed by atoms with Crippen LogP contribution in [0, 0.1) is 5.92 Å². The molecular formula is C16H29N3O. The number of nitrogens with zero attached hydrogens (tertiary/aromatic N) is 2. The van der Waals surface area contributed by atoms with Gasteiger partial charge in [0.25, 0.3) is 0 Å². The summed E-state index contributed by atoms with van der Waals surface area (Å²) in [4.78, 5) is 16.9. The minimum atomic E-state index is 0.213. The van der Waals surface area contributed by atoms with Gasteiger partial charge in [0.2, 0.25) is 5.91 Å². The third kappa shape index (κ3) is 3.73. The largest absolute Gasteiger partial charge is 0.352 e. The monoisotopic (exact) mass is 279 g/mol. The first-order valence-corrected chi connectivity index (χ1v) is 8.37. The molecule has 1 atom stereocenters. The molecule has 3 aliphatic rings. The molecule has 20 heavy (non-hydrogen) atoms. The quantitative estimate of drug-likeness (QED) is 0.799. The lowest BCUT2D eigenvalue weighted by atomic mass is 10.0. The van der Waals surface area contributed by atoms with E-state index < -0.39 is 0 Å². The van der Waals surface area contributed by atoms with E-state index in [1.165, 1.54) is 38.8 Å². The molecule has 114 valence electrons. The Morgan fingerprint density at radius 3 is 2.40 bits per heavy atom. The molecule has 1 aliphatic heterocycles. The number of likely N-dealkylation sites (N-methyl/N-ethyl adjacent to an activating group) is 1. The van der Waals surface area contributed by atoms with Crippen LogP contribution in [0.5, 0.6) is 0 Å². The summed E-state index contributed by atoms with van der Waals surface area (Å²) in [7, 11) is 2.08. The molecule has 1 saturated heterocycles. The number of hydrogen-bond donors (Lipinski definition) is 1. The summed E-state index contributed by atoms with van der Waals surface area (Å²) in [5.41, 5.74) is 0. The van der Waals surface area contributed by atoms with Gasteiger partial charge in [-0.15, -0.1) is 0 Å². The minimum Gasteiger partial charge on any atom is -0.352 e. The molecule has 1 heterocycles. The summed E-state index contributed by atoms with van der Waals surface area (Å²) in [6, 6.07) is 1.83. The van der Waals surface area contributed by atoms with Crippen molar-refractivity contribution in [3.8, 4) is 0 Å². The number of hydrogen-bond acceptors (Lipinski definition) is 3. The molecule has 1 amide bonds. The van der Waals surface area contributed by atoms with Gasteiger partial charge in [0.1, 0.15) is 0 Å². The van der Waals surface area contributed by atoms with E-state index in [0.29, 0.717) is 18.6 Å². The SMILES string of the molecule is C[C@H](C1CC1)N(C)CC(=O)NC1CCN(C2CC2)CC1. The molecule has 0 bridgehead atoms. The molecule has 0 spiro atoms. The highest BCUT2D eigenvalue weighted by Gasteiger charge is 2.33. The van der Waals surface area contributed by atoms with Crippen LogP contribution in [0.15, 0.2) is 0 Å². The first kappa shape index (κ1) is 14.3. The zero-order valence-corrected chi connectivity index (χ0v) is 13.0. The number of amides is 1. The van der Waals surface area contributed by atoms with Crippen LogP contribution in [0.25, 0.3) is 0 Å². The number of carbonyl (C=O) groups is 1. The van der Waals surface area contributed by atoms with Gasteiger partial charge in [-0.05, 0) is 58.4 Å². The van der Waals surface area contributed by atoms with E-state index in [4.69, 9.17) is 0 Å². The molecule has 1 N–H and O–H groups in total. The molecule has 4 nitrogen and oxygen atoms in total. The van der Waals surface area contributed by atoms with E-state index in [9.17, 15) is 4.79 Å². The van der Waals surface area contributed by atoms with E-state index >= 15 is 0 Å². The van der Waals surface area contributed by atoms with Crippen LogP contribution in [0.2, 0.25) is 0 Å². The highest BCUT2D eigenvalue weighted by molar-refractivity contribution is 5.78. The summed E-state index contributed by atoms with van der Waals surface area (Å²) in [5.74, 6) is 1.04. The maximum absolute atomic E-state index is 12.1. The number of carbonyl (C=O) groups excluding carboxylic acids is 1. The summed E-state index contributed by atoms with van der Waals surface area (Å²) in [5, 5.41) is 3.24. The second-order valence-corrected chi connectivity index (χ2v) is 7.10. The predicted molar refractivity (Wildman–Crippen MR) is 80.6 cm³/mol. The van der Waals surface area contributed by atoms with Crippen molar-refractivity contribution >= 4 is 5.91 Å². The molecule has 2 saturated carbocycles. The van der Waals surface area contributed by atoms with E-state index in [0.717, 1.165) is 24.8 Å². The lowest BCUT2D eigenvalue weighted by Crippen LogP contribution is -2.48. The fraction of sp³-hybridized carbons (Fsp3) is 0.938. The number of piperidine rings is 1. The van der Waals surface area contributed by atoms with E-state index in [-0.39, 0.29) is 5.91 Å². The number of likely N-dealkylation sites (tertiary alicyclic amines) is 1. The van der Waals surface area contributed by atoms with Crippen LogP contribution in [0.1, 0.15) is 45.4 Å². The summed E-state index contributed by atoms with van der Waals surface area (Å²) in [6.07, 6.45) is 7.72. The molecule has 0 aromatic carbocycles. The lowest BCUT2D eigenvalue weighted by Gasteiger charge is -2.33. The first-order chi connectivity index (χ1) is 9.63. The van der Waals surface area contributed by atoms with E-state index in [2.05, 4.69) is 29.1 Å². The highest BCUT2D eigenvalue weighted by atomic mass is 16.2. The van der Waals surface area contributed by atoms with E-state index in [1.54, 1.807) is 0 Å². The Labute approximate surface area is 122 Å². The summed E-state index contributed by atoms with van der Waals surface area (Å²) < 4.78 is 0. The molecule has 0 aromatic rings. The Morgan fingerprint density at radius 1 is 1.20 bits per heavy atom. The van der Waals surface area contributed by atoms with Gasteiger partial charge in [-0.25, -0.2) is 0 Å². The summed E-state index contributed by atoms with van der Waals surface area (Å²) >= 11 is 0. The third-order valence-corrected chi connectivity index (χ3v) is 5.35. The van der Waals surface area contributed by atoms with Crippen LogP contribution in [0.4, 0.5) is 0 Å². The Kier molecular flexibility index (Phi) is 4.32. The fourth-order valence-electron chi connectivity index (χ4n) is 3.43. The van der Waals surface area contributed by atoms with Crippen LogP contribution in [-0.2, 0) is 4.79 Å². The van der Waals surface area contributed by atoms with Gasteiger partial charge >= 0.3 is 0 Å². The smallest absolute Gasteiger partial charge is 0.234 e. The van der Waals surface area contributed by atoms with Crippen LogP contribution < -0.4 is 5.32 Å². The zero-order chi connectivity index (χ0) is 14.1. The Balaban J connectivity index is 1.35. The second-order valence-electron chi connectivity index (χ2n) is 7.10. The van der Waals surface area contributed by atoms with Crippen molar-refractivity contribution in [3.63, 3.8) is 0 Å². The average molecular weight is 279 g/mol. The normalized spacial score (nSPS) is 26.8. The van der Waals surface area contributed by atoms with Crippen molar-refractivity contribution in [2.75, 3.05) is 26.7 Å². The standard InChI is InChI=1S/C16H29N3O/c1-12(13-3-4-13)18(2)11-16(20)17-14-7-9-19(10-8-14)15-5-6-15/h12-15H,3-11H2,1-2H3,(H,17,20)/t12-/m1/s1. The van der Waals surface area contributed by atoms with Gasteiger partial charge in [-0.2, -0.15) is 0 Å². The van der Waals surface area contributed by atoms with Gasteiger partial charge < -0.3 is 10.2 Å². The van der Waals surface area contributed by atoms with Gasteiger partial charge in [0.15, 0.2) is 0 Å². The summed E-state index contributed by atoms with van der Waals surface area (Å²) in [6.45, 7) is 5.15. The molecule has 2 aliphatic carbocycles. The molecular weight excluding hydrogens is 250 g/mol. The van der Waals surface area contributed by atoms with Crippen LogP contribution >= 0.6 is 0 Å². The van der Waals surface area contributed by atoms with Gasteiger partial charge in [-0.1, -0.05) is 0 Å². The van der Waals surface area contributed by atoms with Crippen LogP contribution in [-0.4, -0.2) is 60.5 Å². The number of nitrogens with one attached hydrogen (secondary N) is 1. The van der Waals surface area contributed by atoms with Crippen molar-refractivity contribution in [3.05, 3.63) is 0 Å². The lowest BCUT2D eigenvalue weighted by molar-refractivity contribution is -0.123. The van der Waals surface area contributed by atoms with Crippen molar-refractivity contribution in [2.45, 2.75) is 63.6 Å². The van der Waals surface area contributed by atoms with Crippen molar-refractivity contribution in [1.29, 1.82) is 0 Å². The maximum Gasteiger partial charge on any atom is 0.234 e. The topological polar surface area (TPSA) is 35.6 Å². The third-order valence-electron chi connectivity index (χ3n) is 5.35. The average Bonchev–Trinajstić information content (AvgIpc) is 3.30. The Morgan fingerprint density at radius 2 is 1.85 bits per heavy atom. The zero-order valence-electron chi connectivity index (χ0n) is 13.0. The molecule has 3 rings (SSSR count). The van der Waals surface area contributed by atoms with Crippen LogP contribution in [0.3, 0.4) is 0 Å². The van der Waals surface area contributed by atoms with Gasteiger partial charge in [0.05, 0.1) is 6.54 Å². The second kappa shape index (κ2) is 6.02. The number of rotatable bonds is 6. The van der Waals surface area contributed by atoms with Crippen molar-refractivity contribution < 1.29 is 4.79 Å². The van der Waals surface area contributed by atoms with E-state index in [1.807, 2.05) is 0 Å². The minimum absolute atomic E-state index is 0.213. The van der Waals surface area contributed by atoms with Crippen molar-refractivity contribution in [1.82, 2.24) is 15.1 Å². The Bertz CT molecular complexity index is 344. The maximum atomic E-state index is 12.1. The van der Waals surface area contributed by atoms with Gasteiger partial charge in [-0.3, -0.25) is 9.69 Å². The molecule has 4 heteroatoms. The van der Waals surface area contributed by atoms with Crippen molar-refractivity contribution in [2.24, 2.45) is 5.92 Å². The molecule has 3 fully saturated rings. The van der Waals surface area contributed by atoms with Gasteiger partial charge in [0, 0.05) is 31.2 Å². The molecule has 0 unspecified atom stereocenters. The molecule has 0 aromatic heterocycles.